The van der Waals surface area contributed by atoms with E-state index >= 15 is 0 Å². The van der Waals surface area contributed by atoms with Crippen LogP contribution in [0.25, 0.3) is 0 Å². The van der Waals surface area contributed by atoms with Crippen LogP contribution in [-0.2, 0) is 19.1 Å². The van der Waals surface area contributed by atoms with Crippen LogP contribution in [0.2, 0.25) is 0 Å². The Balaban J connectivity index is 3.81. The van der Waals surface area contributed by atoms with E-state index in [2.05, 4.69) is 18.2 Å². The second kappa shape index (κ2) is 9.63. The largest absolute Gasteiger partial charge is 0.462 e. The average molecular weight is 240 g/mol. The molecule has 0 N–H and O–H groups in total. The van der Waals surface area contributed by atoms with Gasteiger partial charge in [-0.2, -0.15) is 0 Å². The summed E-state index contributed by atoms with van der Waals surface area (Å²) in [5.74, 6) is -1.06. The van der Waals surface area contributed by atoms with Gasteiger partial charge in [0, 0.05) is 6.08 Å². The van der Waals surface area contributed by atoms with E-state index < -0.39 is 11.9 Å². The highest BCUT2D eigenvalue weighted by atomic mass is 16.5. The summed E-state index contributed by atoms with van der Waals surface area (Å²) in [5, 5.41) is 0. The second-order valence-electron chi connectivity index (χ2n) is 3.64. The highest BCUT2D eigenvalue weighted by molar-refractivity contribution is 5.88. The summed E-state index contributed by atoms with van der Waals surface area (Å²) in [6, 6.07) is 0. The fraction of sp³-hybridized carbons (Fsp3) is 0.538. The number of ether oxygens (including phenoxy) is 2. The number of rotatable bonds is 8. The minimum Gasteiger partial charge on any atom is -0.462 e. The van der Waals surface area contributed by atoms with E-state index in [1.807, 2.05) is 0 Å². The molecule has 0 aliphatic heterocycles. The van der Waals surface area contributed by atoms with Gasteiger partial charge >= 0.3 is 11.9 Å². The van der Waals surface area contributed by atoms with Gasteiger partial charge in [0.1, 0.15) is 6.26 Å². The van der Waals surface area contributed by atoms with Crippen molar-refractivity contribution in [1.82, 2.24) is 0 Å². The Morgan fingerprint density at radius 3 is 2.53 bits per heavy atom. The van der Waals surface area contributed by atoms with Crippen molar-refractivity contribution in [2.75, 3.05) is 6.61 Å². The van der Waals surface area contributed by atoms with Gasteiger partial charge in [-0.05, 0) is 13.3 Å². The molecule has 4 heteroatoms. The van der Waals surface area contributed by atoms with Crippen molar-refractivity contribution in [3.8, 4) is 0 Å². The molecule has 0 aliphatic carbocycles. The van der Waals surface area contributed by atoms with Gasteiger partial charge in [0.2, 0.25) is 0 Å². The smallest absolute Gasteiger partial charge is 0.336 e. The summed E-state index contributed by atoms with van der Waals surface area (Å²) >= 11 is 0. The minimum absolute atomic E-state index is 0.260. The molecule has 0 aromatic carbocycles. The van der Waals surface area contributed by atoms with Crippen LogP contribution in [0.3, 0.4) is 0 Å². The number of hydrogen-bond donors (Lipinski definition) is 0. The van der Waals surface area contributed by atoms with Crippen LogP contribution < -0.4 is 0 Å². The van der Waals surface area contributed by atoms with Crippen molar-refractivity contribution < 1.29 is 19.1 Å². The zero-order chi connectivity index (χ0) is 13.1. The van der Waals surface area contributed by atoms with E-state index in [-0.39, 0.29) is 5.57 Å². The third-order valence-corrected chi connectivity index (χ3v) is 2.07. The van der Waals surface area contributed by atoms with Crippen molar-refractivity contribution in [3.05, 3.63) is 24.5 Å². The maximum Gasteiger partial charge on any atom is 0.336 e. The van der Waals surface area contributed by atoms with Gasteiger partial charge in [-0.15, -0.1) is 0 Å². The van der Waals surface area contributed by atoms with E-state index in [1.165, 1.54) is 6.92 Å². The summed E-state index contributed by atoms with van der Waals surface area (Å²) in [4.78, 5) is 22.1. The lowest BCUT2D eigenvalue weighted by Gasteiger charge is -2.04. The van der Waals surface area contributed by atoms with Crippen molar-refractivity contribution in [2.24, 2.45) is 0 Å². The van der Waals surface area contributed by atoms with Gasteiger partial charge in [0.25, 0.3) is 0 Å². The fourth-order valence-corrected chi connectivity index (χ4v) is 1.05. The molecule has 0 aromatic heterocycles. The highest BCUT2D eigenvalue weighted by Crippen LogP contribution is 2.02. The Bertz CT molecular complexity index is 292. The van der Waals surface area contributed by atoms with Crippen molar-refractivity contribution in [3.63, 3.8) is 0 Å². The van der Waals surface area contributed by atoms with E-state index in [1.54, 1.807) is 0 Å². The van der Waals surface area contributed by atoms with Gasteiger partial charge in [0.05, 0.1) is 12.2 Å². The second-order valence-corrected chi connectivity index (χ2v) is 3.64. The summed E-state index contributed by atoms with van der Waals surface area (Å²) in [6.07, 6.45) is 6.31. The molecular weight excluding hydrogens is 220 g/mol. The van der Waals surface area contributed by atoms with Crippen molar-refractivity contribution >= 4 is 11.9 Å². The summed E-state index contributed by atoms with van der Waals surface area (Å²) < 4.78 is 9.59. The van der Waals surface area contributed by atoms with Gasteiger partial charge in [-0.1, -0.05) is 32.8 Å². The van der Waals surface area contributed by atoms with Crippen LogP contribution in [0.1, 0.15) is 39.5 Å². The van der Waals surface area contributed by atoms with E-state index in [9.17, 15) is 9.59 Å². The van der Waals surface area contributed by atoms with Crippen LogP contribution in [0.15, 0.2) is 24.5 Å². The van der Waals surface area contributed by atoms with Gasteiger partial charge < -0.3 is 9.47 Å². The lowest BCUT2D eigenvalue weighted by molar-refractivity contribution is -0.139. The Kier molecular flexibility index (Phi) is 8.74. The predicted octanol–water partition coefficient (Wildman–Crippen LogP) is 2.74. The third kappa shape index (κ3) is 8.25. The maximum absolute atomic E-state index is 11.4. The maximum atomic E-state index is 11.4. The molecule has 0 fully saturated rings. The normalized spacial score (nSPS) is 10.8. The van der Waals surface area contributed by atoms with Gasteiger partial charge in [0.15, 0.2) is 0 Å². The monoisotopic (exact) mass is 240 g/mol. The Hall–Kier alpha value is -1.58. The molecule has 0 amide bonds. The average Bonchev–Trinajstić information content (AvgIpc) is 2.34. The molecule has 0 aliphatic rings. The zero-order valence-electron chi connectivity index (χ0n) is 10.5. The molecule has 0 saturated heterocycles. The molecule has 0 saturated carbocycles. The first-order chi connectivity index (χ1) is 8.11. The number of hydrogen-bond acceptors (Lipinski definition) is 4. The quantitative estimate of drug-likeness (QED) is 0.283. The molecule has 0 bridgehead atoms. The molecule has 96 valence electrons. The highest BCUT2D eigenvalue weighted by Gasteiger charge is 2.06. The SMILES string of the molecule is C=CC(=O)OC=C(C)C(=O)OCCCCCC. The standard InChI is InChI=1S/C13H20O4/c1-4-6-7-8-9-16-13(15)11(3)10-17-12(14)5-2/h5,10H,2,4,6-9H2,1,3H3. The molecule has 0 atom stereocenters. The van der Waals surface area contributed by atoms with E-state index in [4.69, 9.17) is 4.74 Å². The topological polar surface area (TPSA) is 52.6 Å². The van der Waals surface area contributed by atoms with Crippen LogP contribution in [0.4, 0.5) is 0 Å². The molecule has 17 heavy (non-hydrogen) atoms. The summed E-state index contributed by atoms with van der Waals surface area (Å²) in [5.41, 5.74) is 0.260. The molecule has 0 heterocycles. The number of carbonyl (C=O) groups is 2. The number of esters is 2. The lowest BCUT2D eigenvalue weighted by Crippen LogP contribution is -2.08. The van der Waals surface area contributed by atoms with Crippen LogP contribution in [-0.4, -0.2) is 18.5 Å². The number of unbranched alkanes of at least 4 members (excludes halogenated alkanes) is 3. The van der Waals surface area contributed by atoms with E-state index in [0.717, 1.165) is 38.0 Å². The predicted molar refractivity (Wildman–Crippen MR) is 65.1 cm³/mol. The van der Waals surface area contributed by atoms with Gasteiger partial charge in [-0.3, -0.25) is 0 Å². The van der Waals surface area contributed by atoms with Crippen LogP contribution in [0.5, 0.6) is 0 Å². The molecule has 0 unspecified atom stereocenters. The molecule has 0 spiro atoms. The fourth-order valence-electron chi connectivity index (χ4n) is 1.05. The van der Waals surface area contributed by atoms with E-state index in [0.29, 0.717) is 6.61 Å². The first-order valence-electron chi connectivity index (χ1n) is 5.78. The molecule has 4 nitrogen and oxygen atoms in total. The first kappa shape index (κ1) is 15.4. The van der Waals surface area contributed by atoms with Crippen LogP contribution >= 0.6 is 0 Å². The van der Waals surface area contributed by atoms with Crippen LogP contribution in [0, 0.1) is 0 Å². The summed E-state index contributed by atoms with van der Waals surface area (Å²) in [6.45, 7) is 7.29. The lowest BCUT2D eigenvalue weighted by atomic mass is 10.2. The third-order valence-electron chi connectivity index (χ3n) is 2.07. The Morgan fingerprint density at radius 2 is 1.94 bits per heavy atom. The first-order valence-corrected chi connectivity index (χ1v) is 5.78. The summed E-state index contributed by atoms with van der Waals surface area (Å²) in [7, 11) is 0. The molecule has 0 radical (unpaired) electrons. The minimum atomic E-state index is -0.597. The Morgan fingerprint density at radius 1 is 1.24 bits per heavy atom. The molecular formula is C13H20O4. The van der Waals surface area contributed by atoms with Gasteiger partial charge in [-0.25, -0.2) is 9.59 Å². The Labute approximate surface area is 102 Å². The molecule has 0 rings (SSSR count). The zero-order valence-corrected chi connectivity index (χ0v) is 10.5. The number of carbonyl (C=O) groups excluding carboxylic acids is 2. The van der Waals surface area contributed by atoms with Crippen molar-refractivity contribution in [1.29, 1.82) is 0 Å². The van der Waals surface area contributed by atoms with Crippen molar-refractivity contribution in [2.45, 2.75) is 39.5 Å². The molecule has 0 aromatic rings.